The first-order chi connectivity index (χ1) is 8.49. The lowest BCUT2D eigenvalue weighted by Crippen LogP contribution is -2.51. The number of imide groups is 1. The summed E-state index contributed by atoms with van der Waals surface area (Å²) < 4.78 is 0. The summed E-state index contributed by atoms with van der Waals surface area (Å²) in [6.45, 7) is 3.94. The van der Waals surface area contributed by atoms with Crippen molar-refractivity contribution in [3.8, 4) is 0 Å². The molecule has 0 spiro atoms. The van der Waals surface area contributed by atoms with E-state index in [1.54, 1.807) is 11.3 Å². The number of carbonyl (C=O) groups excluding carboxylic acids is 2. The maximum absolute atomic E-state index is 11.9. The molecule has 0 radical (unpaired) electrons. The van der Waals surface area contributed by atoms with Crippen molar-refractivity contribution < 1.29 is 9.59 Å². The van der Waals surface area contributed by atoms with E-state index in [9.17, 15) is 9.59 Å². The topological polar surface area (TPSA) is 62.3 Å². The number of thiazole rings is 1. The molecule has 2 unspecified atom stereocenters. The third-order valence-corrected chi connectivity index (χ3v) is 3.97. The van der Waals surface area contributed by atoms with Gasteiger partial charge in [0.25, 0.3) is 0 Å². The molecule has 1 N–H and O–H groups in total. The number of likely N-dealkylation sites (tertiary alicyclic amines) is 1. The van der Waals surface area contributed by atoms with Crippen LogP contribution in [0.3, 0.4) is 0 Å². The van der Waals surface area contributed by atoms with Crippen LogP contribution in [0, 0.1) is 6.92 Å². The maximum Gasteiger partial charge on any atom is 0.246 e. The van der Waals surface area contributed by atoms with Gasteiger partial charge in [-0.1, -0.05) is 0 Å². The summed E-state index contributed by atoms with van der Waals surface area (Å²) in [5.41, 5.74) is 0.949. The molecule has 0 aliphatic carbocycles. The van der Waals surface area contributed by atoms with Gasteiger partial charge in [0.05, 0.1) is 16.7 Å². The van der Waals surface area contributed by atoms with Crippen molar-refractivity contribution in [3.05, 3.63) is 16.1 Å². The zero-order valence-electron chi connectivity index (χ0n) is 10.8. The molecule has 18 heavy (non-hydrogen) atoms. The average Bonchev–Trinajstić information content (AvgIpc) is 2.77. The zero-order valence-corrected chi connectivity index (χ0v) is 11.6. The number of likely N-dealkylation sites (N-methyl/N-ethyl adjacent to an activating group) is 1. The second-order valence-electron chi connectivity index (χ2n) is 4.56. The van der Waals surface area contributed by atoms with Crippen LogP contribution >= 0.6 is 11.3 Å². The van der Waals surface area contributed by atoms with Gasteiger partial charge in [-0.15, -0.1) is 11.3 Å². The van der Waals surface area contributed by atoms with Crippen molar-refractivity contribution in [1.82, 2.24) is 15.2 Å². The van der Waals surface area contributed by atoms with Crippen molar-refractivity contribution in [2.24, 2.45) is 0 Å². The van der Waals surface area contributed by atoms with E-state index in [-0.39, 0.29) is 23.9 Å². The predicted molar refractivity (Wildman–Crippen MR) is 69.2 cm³/mol. The Kier molecular flexibility index (Phi) is 3.77. The molecule has 1 aromatic rings. The number of aromatic nitrogens is 1. The Morgan fingerprint density at radius 3 is 2.89 bits per heavy atom. The molecule has 0 bridgehead atoms. The monoisotopic (exact) mass is 267 g/mol. The normalized spacial score (nSPS) is 22.4. The van der Waals surface area contributed by atoms with Gasteiger partial charge in [-0.25, -0.2) is 4.98 Å². The second kappa shape index (κ2) is 5.16. The Morgan fingerprint density at radius 2 is 2.28 bits per heavy atom. The van der Waals surface area contributed by atoms with E-state index >= 15 is 0 Å². The minimum atomic E-state index is -0.287. The van der Waals surface area contributed by atoms with Crippen LogP contribution in [0.25, 0.3) is 0 Å². The smallest absolute Gasteiger partial charge is 0.246 e. The van der Waals surface area contributed by atoms with Crippen molar-refractivity contribution >= 4 is 23.2 Å². The second-order valence-corrected chi connectivity index (χ2v) is 5.62. The highest BCUT2D eigenvalue weighted by Crippen LogP contribution is 2.19. The van der Waals surface area contributed by atoms with E-state index in [4.69, 9.17) is 0 Å². The summed E-state index contributed by atoms with van der Waals surface area (Å²) >= 11 is 1.60. The fraction of sp³-hybridized carbons (Fsp3) is 0.583. The summed E-state index contributed by atoms with van der Waals surface area (Å²) in [5.74, 6) is -0.250. The first-order valence-corrected chi connectivity index (χ1v) is 6.85. The molecule has 2 rings (SSSR count). The number of aryl methyl sites for hydroxylation is 1. The van der Waals surface area contributed by atoms with Gasteiger partial charge in [0.15, 0.2) is 0 Å². The van der Waals surface area contributed by atoms with Crippen LogP contribution in [0.1, 0.15) is 36.5 Å². The molecule has 1 aliphatic rings. The van der Waals surface area contributed by atoms with Gasteiger partial charge in [-0.2, -0.15) is 0 Å². The van der Waals surface area contributed by atoms with Gasteiger partial charge in [0, 0.05) is 24.9 Å². The summed E-state index contributed by atoms with van der Waals surface area (Å²) in [6.07, 6.45) is 0.984. The largest absolute Gasteiger partial charge is 0.298 e. The lowest BCUT2D eigenvalue weighted by atomic mass is 10.0. The molecule has 5 nitrogen and oxygen atoms in total. The number of rotatable bonds is 3. The van der Waals surface area contributed by atoms with Crippen molar-refractivity contribution in [2.75, 3.05) is 7.05 Å². The Bertz CT molecular complexity index is 472. The van der Waals surface area contributed by atoms with Crippen LogP contribution in [0.2, 0.25) is 0 Å². The van der Waals surface area contributed by atoms with E-state index in [0.717, 1.165) is 10.7 Å². The number of nitrogens with one attached hydrogen (secondary N) is 1. The Hall–Kier alpha value is -1.27. The van der Waals surface area contributed by atoms with E-state index in [2.05, 4.69) is 10.3 Å². The molecule has 1 saturated heterocycles. The van der Waals surface area contributed by atoms with Crippen LogP contribution in [-0.2, 0) is 9.59 Å². The number of piperidine rings is 1. The third-order valence-electron chi connectivity index (χ3n) is 3.18. The minimum absolute atomic E-state index is 0.0190. The van der Waals surface area contributed by atoms with Crippen LogP contribution in [0.5, 0.6) is 0 Å². The molecule has 1 aliphatic heterocycles. The van der Waals surface area contributed by atoms with Gasteiger partial charge < -0.3 is 0 Å². The number of carbonyl (C=O) groups is 2. The standard InChI is InChI=1S/C12H17N3O2S/c1-7(10-6-18-8(2)14-10)13-9-4-5-11(16)15(3)12(9)17/h6-7,9,13H,4-5H2,1-3H3. The van der Waals surface area contributed by atoms with Crippen molar-refractivity contribution in [1.29, 1.82) is 0 Å². The molecule has 0 saturated carbocycles. The number of nitrogens with zero attached hydrogens (tertiary/aromatic N) is 2. The predicted octanol–water partition coefficient (Wildman–Crippen LogP) is 1.25. The molecule has 1 fully saturated rings. The van der Waals surface area contributed by atoms with Crippen molar-refractivity contribution in [3.63, 3.8) is 0 Å². The molecular formula is C12H17N3O2S. The quantitative estimate of drug-likeness (QED) is 0.837. The van der Waals surface area contributed by atoms with E-state index in [1.807, 2.05) is 19.2 Å². The van der Waals surface area contributed by atoms with Gasteiger partial charge in [0.1, 0.15) is 0 Å². The van der Waals surface area contributed by atoms with Crippen molar-refractivity contribution in [2.45, 2.75) is 38.8 Å². The highest BCUT2D eigenvalue weighted by molar-refractivity contribution is 7.09. The molecule has 2 atom stereocenters. The van der Waals surface area contributed by atoms with Crippen LogP contribution < -0.4 is 5.32 Å². The Labute approximate surface area is 110 Å². The molecule has 98 valence electrons. The summed E-state index contributed by atoms with van der Waals surface area (Å²) in [6, 6.07) is -0.268. The molecule has 2 heterocycles. The summed E-state index contributed by atoms with van der Waals surface area (Å²) in [7, 11) is 1.54. The molecule has 2 amide bonds. The van der Waals surface area contributed by atoms with Gasteiger partial charge in [-0.05, 0) is 20.3 Å². The number of amides is 2. The summed E-state index contributed by atoms with van der Waals surface area (Å²) in [4.78, 5) is 28.9. The van der Waals surface area contributed by atoms with Crippen LogP contribution in [-0.4, -0.2) is 34.8 Å². The fourth-order valence-electron chi connectivity index (χ4n) is 2.04. The minimum Gasteiger partial charge on any atom is -0.298 e. The highest BCUT2D eigenvalue weighted by Gasteiger charge is 2.32. The molecule has 1 aromatic heterocycles. The maximum atomic E-state index is 11.9. The Balaban J connectivity index is 2.01. The highest BCUT2D eigenvalue weighted by atomic mass is 32.1. The summed E-state index contributed by atoms with van der Waals surface area (Å²) in [5, 5.41) is 6.26. The van der Waals surface area contributed by atoms with Crippen LogP contribution in [0.4, 0.5) is 0 Å². The average molecular weight is 267 g/mol. The first-order valence-electron chi connectivity index (χ1n) is 5.97. The number of hydrogen-bond donors (Lipinski definition) is 1. The van der Waals surface area contributed by atoms with E-state index in [1.165, 1.54) is 11.9 Å². The van der Waals surface area contributed by atoms with Gasteiger partial charge >= 0.3 is 0 Å². The zero-order chi connectivity index (χ0) is 13.3. The lowest BCUT2D eigenvalue weighted by Gasteiger charge is -2.30. The van der Waals surface area contributed by atoms with E-state index in [0.29, 0.717) is 12.8 Å². The van der Waals surface area contributed by atoms with Gasteiger partial charge in [0.2, 0.25) is 11.8 Å². The van der Waals surface area contributed by atoms with Gasteiger partial charge in [-0.3, -0.25) is 19.8 Å². The van der Waals surface area contributed by atoms with Crippen LogP contribution in [0.15, 0.2) is 5.38 Å². The first kappa shape index (κ1) is 13.2. The number of hydrogen-bond acceptors (Lipinski definition) is 5. The molecular weight excluding hydrogens is 250 g/mol. The molecule has 0 aromatic carbocycles. The molecule has 6 heteroatoms. The van der Waals surface area contributed by atoms with E-state index < -0.39 is 0 Å². The third kappa shape index (κ3) is 2.59. The SMILES string of the molecule is Cc1nc(C(C)NC2CCC(=O)N(C)C2=O)cs1. The Morgan fingerprint density at radius 1 is 1.56 bits per heavy atom. The fourth-order valence-corrected chi connectivity index (χ4v) is 2.74. The lowest BCUT2D eigenvalue weighted by molar-refractivity contribution is -0.148.